The van der Waals surface area contributed by atoms with Crippen molar-refractivity contribution in [1.29, 1.82) is 0 Å². The maximum atomic E-state index is 11.9. The molecule has 0 spiro atoms. The highest BCUT2D eigenvalue weighted by Crippen LogP contribution is 2.33. The monoisotopic (exact) mass is 239 g/mol. The van der Waals surface area contributed by atoms with Crippen molar-refractivity contribution < 1.29 is 4.74 Å². The van der Waals surface area contributed by atoms with Crippen molar-refractivity contribution in [3.63, 3.8) is 0 Å². The Hall–Kier alpha value is -1.07. The Morgan fingerprint density at radius 3 is 2.94 bits per heavy atom. The fourth-order valence-corrected chi connectivity index (χ4v) is 1.97. The Labute approximate surface area is 101 Å². The SMILES string of the molecule is COCC(C)NCCn1ccn(C2CC2)c1=O. The van der Waals surface area contributed by atoms with Gasteiger partial charge in [-0.15, -0.1) is 0 Å². The fourth-order valence-electron chi connectivity index (χ4n) is 1.97. The van der Waals surface area contributed by atoms with Crippen LogP contribution in [0.2, 0.25) is 0 Å². The highest BCUT2D eigenvalue weighted by Gasteiger charge is 2.25. The van der Waals surface area contributed by atoms with Gasteiger partial charge in [0.2, 0.25) is 0 Å². The molecule has 1 aromatic heterocycles. The Morgan fingerprint density at radius 2 is 2.29 bits per heavy atom. The van der Waals surface area contributed by atoms with E-state index in [0.29, 0.717) is 25.2 Å². The number of methoxy groups -OCH3 is 1. The molecule has 0 radical (unpaired) electrons. The van der Waals surface area contributed by atoms with Crippen LogP contribution in [-0.4, -0.2) is 35.4 Å². The second kappa shape index (κ2) is 5.51. The van der Waals surface area contributed by atoms with Crippen LogP contribution in [0, 0.1) is 0 Å². The summed E-state index contributed by atoms with van der Waals surface area (Å²) < 4.78 is 8.65. The van der Waals surface area contributed by atoms with Gasteiger partial charge in [-0.05, 0) is 19.8 Å². The maximum absolute atomic E-state index is 11.9. The van der Waals surface area contributed by atoms with Crippen LogP contribution in [0.4, 0.5) is 0 Å². The van der Waals surface area contributed by atoms with Crippen molar-refractivity contribution in [1.82, 2.24) is 14.5 Å². The van der Waals surface area contributed by atoms with Crippen LogP contribution in [0.5, 0.6) is 0 Å². The predicted octanol–water partition coefficient (Wildman–Crippen LogP) is 0.609. The van der Waals surface area contributed by atoms with E-state index in [1.165, 1.54) is 0 Å². The van der Waals surface area contributed by atoms with E-state index in [2.05, 4.69) is 12.2 Å². The first-order valence-corrected chi connectivity index (χ1v) is 6.22. The summed E-state index contributed by atoms with van der Waals surface area (Å²) in [7, 11) is 1.69. The molecule has 0 bridgehead atoms. The van der Waals surface area contributed by atoms with Crippen molar-refractivity contribution >= 4 is 0 Å². The van der Waals surface area contributed by atoms with E-state index in [-0.39, 0.29) is 5.69 Å². The third kappa shape index (κ3) is 3.20. The van der Waals surface area contributed by atoms with Crippen molar-refractivity contribution in [2.24, 2.45) is 0 Å². The van der Waals surface area contributed by atoms with Gasteiger partial charge in [-0.2, -0.15) is 0 Å². The summed E-state index contributed by atoms with van der Waals surface area (Å²) in [4.78, 5) is 11.9. The molecule has 1 atom stereocenters. The van der Waals surface area contributed by atoms with Gasteiger partial charge in [-0.1, -0.05) is 0 Å². The van der Waals surface area contributed by atoms with Crippen LogP contribution >= 0.6 is 0 Å². The zero-order chi connectivity index (χ0) is 12.3. The van der Waals surface area contributed by atoms with Crippen LogP contribution < -0.4 is 11.0 Å². The molecule has 1 unspecified atom stereocenters. The van der Waals surface area contributed by atoms with Gasteiger partial charge >= 0.3 is 5.69 Å². The first-order valence-electron chi connectivity index (χ1n) is 6.22. The average molecular weight is 239 g/mol. The lowest BCUT2D eigenvalue weighted by molar-refractivity contribution is 0.172. The standard InChI is InChI=1S/C12H21N3O2/c1-10(9-17-2)13-5-6-14-7-8-15(12(14)16)11-3-4-11/h7-8,10-11,13H,3-6,9H2,1-2H3. The zero-order valence-electron chi connectivity index (χ0n) is 10.6. The summed E-state index contributed by atoms with van der Waals surface area (Å²) in [6.07, 6.45) is 6.07. The number of ether oxygens (including phenoxy) is 1. The molecule has 5 nitrogen and oxygen atoms in total. The smallest absolute Gasteiger partial charge is 0.328 e. The molecule has 1 aromatic rings. The van der Waals surface area contributed by atoms with Gasteiger partial charge in [0.15, 0.2) is 0 Å². The molecule has 17 heavy (non-hydrogen) atoms. The first kappa shape index (κ1) is 12.4. The average Bonchev–Trinajstić information content (AvgIpc) is 3.06. The summed E-state index contributed by atoms with van der Waals surface area (Å²) in [5.74, 6) is 0. The van der Waals surface area contributed by atoms with E-state index in [4.69, 9.17) is 4.74 Å². The zero-order valence-corrected chi connectivity index (χ0v) is 10.6. The molecule has 1 saturated carbocycles. The molecule has 2 rings (SSSR count). The third-order valence-corrected chi connectivity index (χ3v) is 3.08. The van der Waals surface area contributed by atoms with E-state index in [0.717, 1.165) is 19.4 Å². The Morgan fingerprint density at radius 1 is 1.53 bits per heavy atom. The van der Waals surface area contributed by atoms with Crippen LogP contribution in [-0.2, 0) is 11.3 Å². The molecule has 1 aliphatic carbocycles. The van der Waals surface area contributed by atoms with Crippen molar-refractivity contribution in [2.45, 2.75) is 38.4 Å². The molecule has 96 valence electrons. The van der Waals surface area contributed by atoms with Crippen LogP contribution in [0.25, 0.3) is 0 Å². The lowest BCUT2D eigenvalue weighted by Gasteiger charge is -2.12. The first-order chi connectivity index (χ1) is 8.22. The van der Waals surface area contributed by atoms with E-state index in [9.17, 15) is 4.79 Å². The van der Waals surface area contributed by atoms with Crippen LogP contribution in [0.3, 0.4) is 0 Å². The quantitative estimate of drug-likeness (QED) is 0.758. The molecular formula is C12H21N3O2. The largest absolute Gasteiger partial charge is 0.383 e. The number of aromatic nitrogens is 2. The topological polar surface area (TPSA) is 48.2 Å². The summed E-state index contributed by atoms with van der Waals surface area (Å²) in [5, 5.41) is 3.32. The Balaban J connectivity index is 1.81. The van der Waals surface area contributed by atoms with Crippen LogP contribution in [0.15, 0.2) is 17.2 Å². The number of hydrogen-bond acceptors (Lipinski definition) is 3. The van der Waals surface area contributed by atoms with Gasteiger partial charge in [0.1, 0.15) is 0 Å². The molecule has 5 heteroatoms. The van der Waals surface area contributed by atoms with E-state index in [1.807, 2.05) is 17.0 Å². The Bertz CT molecular complexity index is 406. The lowest BCUT2D eigenvalue weighted by Crippen LogP contribution is -2.34. The number of rotatable bonds is 7. The highest BCUT2D eigenvalue weighted by atomic mass is 16.5. The summed E-state index contributed by atoms with van der Waals surface area (Å²) in [5.41, 5.74) is 0.119. The number of nitrogens with one attached hydrogen (secondary N) is 1. The molecule has 1 heterocycles. The summed E-state index contributed by atoms with van der Waals surface area (Å²) in [6.45, 7) is 4.27. The number of nitrogens with zero attached hydrogens (tertiary/aromatic N) is 2. The van der Waals surface area contributed by atoms with Crippen molar-refractivity contribution in [3.8, 4) is 0 Å². The molecule has 0 amide bonds. The van der Waals surface area contributed by atoms with E-state index < -0.39 is 0 Å². The molecule has 0 aromatic carbocycles. The second-order valence-corrected chi connectivity index (χ2v) is 4.72. The second-order valence-electron chi connectivity index (χ2n) is 4.72. The third-order valence-electron chi connectivity index (χ3n) is 3.08. The molecule has 1 fully saturated rings. The molecular weight excluding hydrogens is 218 g/mol. The minimum Gasteiger partial charge on any atom is -0.383 e. The molecule has 0 saturated heterocycles. The van der Waals surface area contributed by atoms with Crippen LogP contribution in [0.1, 0.15) is 25.8 Å². The van der Waals surface area contributed by atoms with Gasteiger partial charge in [-0.3, -0.25) is 9.13 Å². The van der Waals surface area contributed by atoms with Crippen molar-refractivity contribution in [2.75, 3.05) is 20.3 Å². The summed E-state index contributed by atoms with van der Waals surface area (Å²) in [6, 6.07) is 0.783. The van der Waals surface area contributed by atoms with Gasteiger partial charge in [0.25, 0.3) is 0 Å². The van der Waals surface area contributed by atoms with E-state index >= 15 is 0 Å². The minimum atomic E-state index is 0.119. The fraction of sp³-hybridized carbons (Fsp3) is 0.750. The maximum Gasteiger partial charge on any atom is 0.328 e. The number of imidazole rings is 1. The molecule has 0 aliphatic heterocycles. The normalized spacial score (nSPS) is 17.3. The van der Waals surface area contributed by atoms with Gasteiger partial charge < -0.3 is 10.1 Å². The minimum absolute atomic E-state index is 0.119. The summed E-state index contributed by atoms with van der Waals surface area (Å²) >= 11 is 0. The van der Waals surface area contributed by atoms with E-state index in [1.54, 1.807) is 11.7 Å². The van der Waals surface area contributed by atoms with Gasteiger partial charge in [0.05, 0.1) is 6.61 Å². The molecule has 1 N–H and O–H groups in total. The lowest BCUT2D eigenvalue weighted by atomic mass is 10.3. The predicted molar refractivity (Wildman–Crippen MR) is 66.3 cm³/mol. The highest BCUT2D eigenvalue weighted by molar-refractivity contribution is 4.91. The van der Waals surface area contributed by atoms with Crippen molar-refractivity contribution in [3.05, 3.63) is 22.9 Å². The molecule has 1 aliphatic rings. The Kier molecular flexibility index (Phi) is 4.02. The number of hydrogen-bond donors (Lipinski definition) is 1. The van der Waals surface area contributed by atoms with Gasteiger partial charge in [0, 0.05) is 44.7 Å². The van der Waals surface area contributed by atoms with Gasteiger partial charge in [-0.25, -0.2) is 4.79 Å².